The van der Waals surface area contributed by atoms with Gasteiger partial charge in [-0.1, -0.05) is 17.7 Å². The van der Waals surface area contributed by atoms with Crippen molar-refractivity contribution in [3.8, 4) is 0 Å². The van der Waals surface area contributed by atoms with E-state index in [9.17, 15) is 10.1 Å². The van der Waals surface area contributed by atoms with Gasteiger partial charge in [-0.15, -0.1) is 0 Å². The highest BCUT2D eigenvalue weighted by atomic mass is 35.5. The van der Waals surface area contributed by atoms with Gasteiger partial charge in [0.2, 0.25) is 0 Å². The molecular formula is C10H14ClN3O2. The number of nitrogens with zero attached hydrogens (tertiary/aromatic N) is 1. The molecule has 0 aliphatic carbocycles. The number of hydrogen-bond donors (Lipinski definition) is 2. The van der Waals surface area contributed by atoms with Gasteiger partial charge in [0.05, 0.1) is 4.92 Å². The molecule has 0 aliphatic rings. The summed E-state index contributed by atoms with van der Waals surface area (Å²) in [5.74, 6) is 0. The smallest absolute Gasteiger partial charge is 0.310 e. The van der Waals surface area contributed by atoms with Crippen molar-refractivity contribution in [2.45, 2.75) is 19.4 Å². The molecule has 16 heavy (non-hydrogen) atoms. The maximum atomic E-state index is 10.9. The molecule has 0 atom stereocenters. The quantitative estimate of drug-likeness (QED) is 0.629. The van der Waals surface area contributed by atoms with Crippen molar-refractivity contribution >= 4 is 23.0 Å². The molecule has 0 spiro atoms. The summed E-state index contributed by atoms with van der Waals surface area (Å²) in [6, 6.07) is 4.76. The number of hydrogen-bond acceptors (Lipinski definition) is 4. The Morgan fingerprint density at radius 3 is 2.69 bits per heavy atom. The van der Waals surface area contributed by atoms with E-state index in [0.29, 0.717) is 12.2 Å². The van der Waals surface area contributed by atoms with Crippen LogP contribution in [-0.4, -0.2) is 17.0 Å². The van der Waals surface area contributed by atoms with Gasteiger partial charge in [-0.3, -0.25) is 10.1 Å². The molecule has 1 aromatic carbocycles. The van der Waals surface area contributed by atoms with Crippen molar-refractivity contribution in [3.63, 3.8) is 0 Å². The number of rotatable bonds is 4. The zero-order chi connectivity index (χ0) is 12.3. The number of nitro groups is 1. The van der Waals surface area contributed by atoms with Crippen LogP contribution in [0.4, 0.5) is 11.4 Å². The number of nitrogens with two attached hydrogens (primary N) is 1. The number of nitro benzene ring substituents is 1. The molecule has 6 heteroatoms. The molecule has 0 amide bonds. The summed E-state index contributed by atoms with van der Waals surface area (Å²) < 4.78 is 0. The van der Waals surface area contributed by atoms with E-state index in [2.05, 4.69) is 5.32 Å². The minimum absolute atomic E-state index is 0.114. The van der Waals surface area contributed by atoms with Gasteiger partial charge < -0.3 is 11.1 Å². The predicted octanol–water partition coefficient (Wildman–Crippen LogP) is 2.40. The fourth-order valence-corrected chi connectivity index (χ4v) is 1.46. The zero-order valence-corrected chi connectivity index (χ0v) is 9.91. The van der Waals surface area contributed by atoms with Gasteiger partial charge in [0, 0.05) is 12.1 Å². The summed E-state index contributed by atoms with van der Waals surface area (Å²) in [5, 5.41) is 14.0. The Kier molecular flexibility index (Phi) is 3.72. The lowest BCUT2D eigenvalue weighted by molar-refractivity contribution is -0.383. The largest absolute Gasteiger partial charge is 0.373 e. The van der Waals surface area contributed by atoms with E-state index >= 15 is 0 Å². The van der Waals surface area contributed by atoms with Crippen molar-refractivity contribution in [2.75, 3.05) is 11.9 Å². The summed E-state index contributed by atoms with van der Waals surface area (Å²) in [7, 11) is 0. The van der Waals surface area contributed by atoms with Gasteiger partial charge >= 0.3 is 5.69 Å². The zero-order valence-electron chi connectivity index (χ0n) is 9.16. The molecule has 0 bridgehead atoms. The Morgan fingerprint density at radius 1 is 1.56 bits per heavy atom. The summed E-state index contributed by atoms with van der Waals surface area (Å²) in [5.41, 5.74) is 5.39. The van der Waals surface area contributed by atoms with E-state index in [0.717, 1.165) is 0 Å². The lowest BCUT2D eigenvalue weighted by Crippen LogP contribution is -2.39. The van der Waals surface area contributed by atoms with Crippen LogP contribution in [0, 0.1) is 10.1 Å². The van der Waals surface area contributed by atoms with E-state index < -0.39 is 10.5 Å². The van der Waals surface area contributed by atoms with Gasteiger partial charge in [-0.25, -0.2) is 0 Å². The van der Waals surface area contributed by atoms with Gasteiger partial charge in [0.15, 0.2) is 0 Å². The van der Waals surface area contributed by atoms with Crippen LogP contribution in [0.1, 0.15) is 13.8 Å². The molecule has 1 aromatic rings. The van der Waals surface area contributed by atoms with Crippen LogP contribution >= 0.6 is 11.6 Å². The normalized spacial score (nSPS) is 11.2. The summed E-state index contributed by atoms with van der Waals surface area (Å²) in [6.07, 6.45) is 0. The average molecular weight is 244 g/mol. The Labute approximate surface area is 98.7 Å². The number of nitrogens with one attached hydrogen (secondary N) is 1. The van der Waals surface area contributed by atoms with Crippen molar-refractivity contribution in [1.82, 2.24) is 0 Å². The molecule has 88 valence electrons. The molecule has 1 rings (SSSR count). The highest BCUT2D eigenvalue weighted by Gasteiger charge is 2.23. The van der Waals surface area contributed by atoms with Crippen LogP contribution in [0.15, 0.2) is 18.2 Å². The average Bonchev–Trinajstić information content (AvgIpc) is 2.16. The molecule has 0 saturated heterocycles. The Morgan fingerprint density at radius 2 is 2.19 bits per heavy atom. The third kappa shape index (κ3) is 2.84. The maximum absolute atomic E-state index is 10.9. The third-order valence-corrected chi connectivity index (χ3v) is 2.46. The van der Waals surface area contributed by atoms with Crippen LogP contribution in [0.3, 0.4) is 0 Å². The number of halogens is 1. The first kappa shape index (κ1) is 12.7. The number of anilines is 1. The lowest BCUT2D eigenvalue weighted by Gasteiger charge is -2.25. The van der Waals surface area contributed by atoms with Gasteiger partial charge in [-0.05, 0) is 26.0 Å². The van der Waals surface area contributed by atoms with Crippen molar-refractivity contribution < 1.29 is 4.92 Å². The topological polar surface area (TPSA) is 81.2 Å². The Bertz CT molecular complexity index is 407. The first-order valence-corrected chi connectivity index (χ1v) is 5.16. The molecule has 5 nitrogen and oxygen atoms in total. The van der Waals surface area contributed by atoms with Gasteiger partial charge in [0.25, 0.3) is 0 Å². The minimum atomic E-state index is -0.503. The Balaban J connectivity index is 3.14. The van der Waals surface area contributed by atoms with Gasteiger partial charge in [-0.2, -0.15) is 0 Å². The minimum Gasteiger partial charge on any atom is -0.373 e. The van der Waals surface area contributed by atoms with Crippen molar-refractivity contribution in [1.29, 1.82) is 0 Å². The van der Waals surface area contributed by atoms with Crippen molar-refractivity contribution in [2.24, 2.45) is 5.73 Å². The fraction of sp³-hybridized carbons (Fsp3) is 0.400. The lowest BCUT2D eigenvalue weighted by atomic mass is 10.1. The van der Waals surface area contributed by atoms with E-state index in [1.165, 1.54) is 6.07 Å². The van der Waals surface area contributed by atoms with Crippen LogP contribution in [0.5, 0.6) is 0 Å². The number of benzene rings is 1. The monoisotopic (exact) mass is 243 g/mol. The standard InChI is InChI=1S/C10H14ClN3O2/c1-10(2,6-12)13-8-5-3-4-7(11)9(8)14(15)16/h3-5,13H,6,12H2,1-2H3. The molecule has 0 aromatic heterocycles. The van der Waals surface area contributed by atoms with Crippen LogP contribution in [0.25, 0.3) is 0 Å². The van der Waals surface area contributed by atoms with E-state index in [-0.39, 0.29) is 10.7 Å². The Hall–Kier alpha value is -1.33. The molecule has 0 unspecified atom stereocenters. The van der Waals surface area contributed by atoms with E-state index in [1.54, 1.807) is 12.1 Å². The first-order valence-electron chi connectivity index (χ1n) is 4.78. The first-order chi connectivity index (χ1) is 7.37. The molecule has 0 fully saturated rings. The molecule has 0 saturated carbocycles. The molecular weight excluding hydrogens is 230 g/mol. The summed E-state index contributed by atoms with van der Waals surface area (Å²) >= 11 is 5.78. The maximum Gasteiger partial charge on any atom is 0.310 e. The van der Waals surface area contributed by atoms with E-state index in [4.69, 9.17) is 17.3 Å². The molecule has 0 heterocycles. The number of para-hydroxylation sites is 1. The highest BCUT2D eigenvalue weighted by Crippen LogP contribution is 2.33. The second kappa shape index (κ2) is 4.67. The van der Waals surface area contributed by atoms with Crippen LogP contribution in [0.2, 0.25) is 5.02 Å². The summed E-state index contributed by atoms with van der Waals surface area (Å²) in [6.45, 7) is 4.08. The molecule has 3 N–H and O–H groups in total. The third-order valence-electron chi connectivity index (χ3n) is 2.15. The summed E-state index contributed by atoms with van der Waals surface area (Å²) in [4.78, 5) is 10.4. The van der Waals surface area contributed by atoms with Gasteiger partial charge in [0.1, 0.15) is 10.7 Å². The predicted molar refractivity (Wildman–Crippen MR) is 64.9 cm³/mol. The molecule has 0 radical (unpaired) electrons. The van der Waals surface area contributed by atoms with Crippen molar-refractivity contribution in [3.05, 3.63) is 33.3 Å². The molecule has 0 aliphatic heterocycles. The van der Waals surface area contributed by atoms with Crippen LogP contribution in [-0.2, 0) is 0 Å². The SMILES string of the molecule is CC(C)(CN)Nc1cccc(Cl)c1[N+](=O)[O-]. The van der Waals surface area contributed by atoms with E-state index in [1.807, 2.05) is 13.8 Å². The van der Waals surface area contributed by atoms with Crippen LogP contribution < -0.4 is 11.1 Å². The second-order valence-corrected chi connectivity index (χ2v) is 4.51. The fourth-order valence-electron chi connectivity index (χ4n) is 1.22. The second-order valence-electron chi connectivity index (χ2n) is 4.11. The highest BCUT2D eigenvalue weighted by molar-refractivity contribution is 6.33.